The second-order valence-electron chi connectivity index (χ2n) is 5.15. The molecular formula is C15H17ClN2O2. The largest absolute Gasteiger partial charge is 0.484 e. The van der Waals surface area contributed by atoms with Crippen LogP contribution in [0.25, 0.3) is 0 Å². The van der Waals surface area contributed by atoms with E-state index in [1.807, 2.05) is 6.92 Å². The standard InChI is InChI=1S/C15H17ClN2O2/c1-11-8-12(4-5-13(11)16)20-9-14(19)18-15(10-17)6-2-3-7-15/h4-5,8H,2-3,6-7,9H2,1H3,(H,18,19). The van der Waals surface area contributed by atoms with E-state index in [9.17, 15) is 10.1 Å². The summed E-state index contributed by atoms with van der Waals surface area (Å²) >= 11 is 5.92. The summed E-state index contributed by atoms with van der Waals surface area (Å²) in [5.74, 6) is 0.334. The fraction of sp³-hybridized carbons (Fsp3) is 0.467. The molecule has 0 heterocycles. The van der Waals surface area contributed by atoms with Gasteiger partial charge in [0.25, 0.3) is 5.91 Å². The van der Waals surface area contributed by atoms with E-state index in [4.69, 9.17) is 16.3 Å². The predicted octanol–water partition coefficient (Wildman–Crippen LogP) is 2.98. The van der Waals surface area contributed by atoms with E-state index in [-0.39, 0.29) is 12.5 Å². The zero-order valence-corrected chi connectivity index (χ0v) is 12.2. The number of rotatable bonds is 4. The molecular weight excluding hydrogens is 276 g/mol. The number of nitriles is 1. The molecule has 0 radical (unpaired) electrons. The second-order valence-corrected chi connectivity index (χ2v) is 5.56. The molecule has 1 saturated carbocycles. The smallest absolute Gasteiger partial charge is 0.259 e. The Balaban J connectivity index is 1.89. The molecule has 0 aromatic heterocycles. The summed E-state index contributed by atoms with van der Waals surface area (Å²) in [6.07, 6.45) is 3.39. The Morgan fingerprint density at radius 3 is 2.80 bits per heavy atom. The number of benzene rings is 1. The normalized spacial score (nSPS) is 16.4. The van der Waals surface area contributed by atoms with Gasteiger partial charge >= 0.3 is 0 Å². The number of amides is 1. The number of nitrogens with one attached hydrogen (secondary N) is 1. The minimum atomic E-state index is -0.698. The zero-order valence-electron chi connectivity index (χ0n) is 11.4. The number of hydrogen-bond acceptors (Lipinski definition) is 3. The van der Waals surface area contributed by atoms with Crippen LogP contribution in [0.3, 0.4) is 0 Å². The summed E-state index contributed by atoms with van der Waals surface area (Å²) in [6, 6.07) is 7.46. The van der Waals surface area contributed by atoms with Crippen LogP contribution in [0.2, 0.25) is 5.02 Å². The molecule has 106 valence electrons. The number of hydrogen-bond donors (Lipinski definition) is 1. The van der Waals surface area contributed by atoms with Crippen molar-refractivity contribution in [2.24, 2.45) is 0 Å². The third kappa shape index (κ3) is 3.43. The Morgan fingerprint density at radius 1 is 1.50 bits per heavy atom. The van der Waals surface area contributed by atoms with Gasteiger partial charge in [-0.2, -0.15) is 5.26 Å². The van der Waals surface area contributed by atoms with Crippen molar-refractivity contribution < 1.29 is 9.53 Å². The highest BCUT2D eigenvalue weighted by Gasteiger charge is 2.35. The predicted molar refractivity (Wildman–Crippen MR) is 76.6 cm³/mol. The Kier molecular flexibility index (Phi) is 4.51. The first kappa shape index (κ1) is 14.7. The summed E-state index contributed by atoms with van der Waals surface area (Å²) in [6.45, 7) is 1.78. The number of aryl methyl sites for hydroxylation is 1. The third-order valence-electron chi connectivity index (χ3n) is 3.55. The van der Waals surface area contributed by atoms with E-state index >= 15 is 0 Å². The quantitative estimate of drug-likeness (QED) is 0.928. The lowest BCUT2D eigenvalue weighted by Gasteiger charge is -2.21. The van der Waals surface area contributed by atoms with Crippen LogP contribution >= 0.6 is 11.6 Å². The van der Waals surface area contributed by atoms with Crippen molar-refractivity contribution in [2.45, 2.75) is 38.1 Å². The minimum Gasteiger partial charge on any atom is -0.484 e. The van der Waals surface area contributed by atoms with Gasteiger partial charge in [0, 0.05) is 5.02 Å². The Bertz CT molecular complexity index is 545. The molecule has 0 saturated heterocycles. The number of halogens is 1. The van der Waals surface area contributed by atoms with E-state index in [1.165, 1.54) is 0 Å². The van der Waals surface area contributed by atoms with Crippen molar-refractivity contribution in [1.82, 2.24) is 5.32 Å². The van der Waals surface area contributed by atoms with Gasteiger partial charge in [0.15, 0.2) is 6.61 Å². The van der Waals surface area contributed by atoms with Crippen LogP contribution in [0.1, 0.15) is 31.2 Å². The van der Waals surface area contributed by atoms with E-state index in [0.29, 0.717) is 10.8 Å². The van der Waals surface area contributed by atoms with Gasteiger partial charge < -0.3 is 10.1 Å². The summed E-state index contributed by atoms with van der Waals surface area (Å²) < 4.78 is 5.42. The lowest BCUT2D eigenvalue weighted by molar-refractivity contribution is -0.124. The Hall–Kier alpha value is -1.73. The maximum Gasteiger partial charge on any atom is 0.259 e. The van der Waals surface area contributed by atoms with Crippen molar-refractivity contribution in [1.29, 1.82) is 5.26 Å². The van der Waals surface area contributed by atoms with Crippen LogP contribution in [0, 0.1) is 18.3 Å². The fourth-order valence-corrected chi connectivity index (χ4v) is 2.52. The molecule has 4 nitrogen and oxygen atoms in total. The van der Waals surface area contributed by atoms with Crippen LogP contribution in [0.4, 0.5) is 0 Å². The molecule has 1 amide bonds. The van der Waals surface area contributed by atoms with Crippen LogP contribution in [0.15, 0.2) is 18.2 Å². The Labute approximate surface area is 123 Å². The molecule has 0 unspecified atom stereocenters. The van der Waals surface area contributed by atoms with E-state index in [1.54, 1.807) is 18.2 Å². The van der Waals surface area contributed by atoms with Crippen molar-refractivity contribution >= 4 is 17.5 Å². The lowest BCUT2D eigenvalue weighted by Crippen LogP contribution is -2.47. The van der Waals surface area contributed by atoms with Crippen molar-refractivity contribution in [3.63, 3.8) is 0 Å². The minimum absolute atomic E-state index is 0.0928. The number of carbonyl (C=O) groups excluding carboxylic acids is 1. The molecule has 1 aromatic carbocycles. The monoisotopic (exact) mass is 292 g/mol. The molecule has 0 aliphatic heterocycles. The molecule has 1 N–H and O–H groups in total. The number of nitrogens with zero attached hydrogens (tertiary/aromatic N) is 1. The average molecular weight is 293 g/mol. The highest BCUT2D eigenvalue weighted by molar-refractivity contribution is 6.31. The SMILES string of the molecule is Cc1cc(OCC(=O)NC2(C#N)CCCC2)ccc1Cl. The van der Waals surface area contributed by atoms with Crippen molar-refractivity contribution in [3.05, 3.63) is 28.8 Å². The first-order chi connectivity index (χ1) is 9.54. The summed E-state index contributed by atoms with van der Waals surface area (Å²) in [5, 5.41) is 12.6. The zero-order chi connectivity index (χ0) is 14.6. The summed E-state index contributed by atoms with van der Waals surface area (Å²) in [5.41, 5.74) is 0.199. The Morgan fingerprint density at radius 2 is 2.20 bits per heavy atom. The highest BCUT2D eigenvalue weighted by atomic mass is 35.5. The highest BCUT2D eigenvalue weighted by Crippen LogP contribution is 2.28. The van der Waals surface area contributed by atoms with E-state index in [0.717, 1.165) is 31.2 Å². The molecule has 1 aromatic rings. The summed E-state index contributed by atoms with van der Waals surface area (Å²) in [4.78, 5) is 11.9. The molecule has 0 atom stereocenters. The second kappa shape index (κ2) is 6.15. The number of ether oxygens (including phenoxy) is 1. The average Bonchev–Trinajstić information content (AvgIpc) is 2.89. The molecule has 1 aliphatic carbocycles. The van der Waals surface area contributed by atoms with Gasteiger partial charge in [-0.3, -0.25) is 4.79 Å². The first-order valence-corrected chi connectivity index (χ1v) is 7.04. The van der Waals surface area contributed by atoms with Crippen LogP contribution in [-0.2, 0) is 4.79 Å². The molecule has 0 spiro atoms. The topological polar surface area (TPSA) is 62.1 Å². The van der Waals surface area contributed by atoms with Crippen molar-refractivity contribution in [3.8, 4) is 11.8 Å². The number of carbonyl (C=O) groups is 1. The van der Waals surface area contributed by atoms with Gasteiger partial charge in [-0.25, -0.2) is 0 Å². The molecule has 5 heteroatoms. The molecule has 0 bridgehead atoms. The third-order valence-corrected chi connectivity index (χ3v) is 3.97. The van der Waals surface area contributed by atoms with Crippen LogP contribution in [-0.4, -0.2) is 18.1 Å². The van der Waals surface area contributed by atoms with Crippen molar-refractivity contribution in [2.75, 3.05) is 6.61 Å². The first-order valence-electron chi connectivity index (χ1n) is 6.66. The summed E-state index contributed by atoms with van der Waals surface area (Å²) in [7, 11) is 0. The van der Waals surface area contributed by atoms with E-state index in [2.05, 4.69) is 11.4 Å². The van der Waals surface area contributed by atoms with E-state index < -0.39 is 5.54 Å². The van der Waals surface area contributed by atoms with Gasteiger partial charge in [0.1, 0.15) is 11.3 Å². The van der Waals surface area contributed by atoms with Gasteiger partial charge in [0.05, 0.1) is 6.07 Å². The van der Waals surface area contributed by atoms with Gasteiger partial charge in [-0.05, 0) is 56.4 Å². The maximum absolute atomic E-state index is 11.9. The van der Waals surface area contributed by atoms with Gasteiger partial charge in [-0.15, -0.1) is 0 Å². The molecule has 1 fully saturated rings. The van der Waals surface area contributed by atoms with Crippen LogP contribution < -0.4 is 10.1 Å². The molecule has 1 aliphatic rings. The maximum atomic E-state index is 11.9. The van der Waals surface area contributed by atoms with Crippen LogP contribution in [0.5, 0.6) is 5.75 Å². The molecule has 20 heavy (non-hydrogen) atoms. The van der Waals surface area contributed by atoms with Gasteiger partial charge in [0.2, 0.25) is 0 Å². The molecule has 2 rings (SSSR count). The fourth-order valence-electron chi connectivity index (χ4n) is 2.40. The lowest BCUT2D eigenvalue weighted by atomic mass is 10.00. The van der Waals surface area contributed by atoms with Gasteiger partial charge in [-0.1, -0.05) is 11.6 Å².